The number of nitro groups is 1. The average molecular weight is 484 g/mol. The summed E-state index contributed by atoms with van der Waals surface area (Å²) in [6, 6.07) is 17.6. The third-order valence-electron chi connectivity index (χ3n) is 6.13. The number of hydrazone groups is 1. The van der Waals surface area contributed by atoms with Crippen molar-refractivity contribution in [3.63, 3.8) is 0 Å². The molecule has 2 aromatic heterocycles. The Morgan fingerprint density at radius 2 is 1.81 bits per heavy atom. The van der Waals surface area contributed by atoms with E-state index in [9.17, 15) is 19.3 Å². The quantitative estimate of drug-likeness (QED) is 0.253. The van der Waals surface area contributed by atoms with E-state index in [0.29, 0.717) is 33.9 Å². The van der Waals surface area contributed by atoms with Gasteiger partial charge in [-0.25, -0.2) is 14.4 Å². The molecule has 4 aromatic rings. The van der Waals surface area contributed by atoms with Crippen molar-refractivity contribution in [2.75, 3.05) is 0 Å². The van der Waals surface area contributed by atoms with Gasteiger partial charge < -0.3 is 4.42 Å². The van der Waals surface area contributed by atoms with Crippen LogP contribution in [0.1, 0.15) is 36.2 Å². The highest BCUT2D eigenvalue weighted by molar-refractivity contribution is 6.10. The fourth-order valence-corrected chi connectivity index (χ4v) is 4.58. The predicted molar refractivity (Wildman–Crippen MR) is 132 cm³/mol. The summed E-state index contributed by atoms with van der Waals surface area (Å²) in [4.78, 5) is 29.1. The van der Waals surface area contributed by atoms with Crippen molar-refractivity contribution < 1.29 is 18.5 Å². The molecule has 0 bridgehead atoms. The molecule has 0 radical (unpaired) electrons. The van der Waals surface area contributed by atoms with Gasteiger partial charge in [0.05, 0.1) is 22.9 Å². The Labute approximate surface area is 205 Å². The molecular weight excluding hydrogens is 463 g/mol. The molecule has 1 amide bonds. The van der Waals surface area contributed by atoms with Crippen molar-refractivity contribution in [3.05, 3.63) is 106 Å². The Balaban J connectivity index is 1.74. The number of carbonyl (C=O) groups excluding carboxylic acids is 1. The van der Waals surface area contributed by atoms with Crippen LogP contribution in [0.3, 0.4) is 0 Å². The molecule has 0 saturated carbocycles. The minimum atomic E-state index is -0.491. The monoisotopic (exact) mass is 484 g/mol. The Morgan fingerprint density at radius 3 is 2.42 bits per heavy atom. The second kappa shape index (κ2) is 9.18. The fourth-order valence-electron chi connectivity index (χ4n) is 4.58. The average Bonchev–Trinajstić information content (AvgIpc) is 3.55. The number of aromatic nitrogens is 1. The van der Waals surface area contributed by atoms with E-state index >= 15 is 0 Å². The van der Waals surface area contributed by atoms with Gasteiger partial charge in [0, 0.05) is 30.2 Å². The third kappa shape index (κ3) is 4.04. The number of rotatable bonds is 5. The molecule has 1 unspecified atom stereocenters. The highest BCUT2D eigenvalue weighted by Gasteiger charge is 2.37. The highest BCUT2D eigenvalue weighted by atomic mass is 19.1. The molecule has 8 nitrogen and oxygen atoms in total. The standard InChI is InChI=1S/C27H21FN4O4/c1-16-24(21-15-22(31(30-21)17(2)33)18-10-12-20(28)13-11-18)25(23-9-6-14-36-23)27(32(34)35)26(29-16)19-7-4-3-5-8-19/h3-14,22H,15H2,1-2H3. The number of amides is 1. The van der Waals surface area contributed by atoms with Crippen molar-refractivity contribution in [2.45, 2.75) is 26.3 Å². The largest absolute Gasteiger partial charge is 0.464 e. The van der Waals surface area contributed by atoms with E-state index in [0.717, 1.165) is 0 Å². The van der Waals surface area contributed by atoms with Gasteiger partial charge in [-0.05, 0) is 36.8 Å². The van der Waals surface area contributed by atoms with Crippen LogP contribution in [0.15, 0.2) is 82.5 Å². The maximum absolute atomic E-state index is 13.5. The number of carbonyl (C=O) groups is 1. The van der Waals surface area contributed by atoms with Crippen LogP contribution in [-0.4, -0.2) is 26.5 Å². The van der Waals surface area contributed by atoms with E-state index in [1.54, 1.807) is 55.5 Å². The van der Waals surface area contributed by atoms with Gasteiger partial charge in [0.25, 0.3) is 0 Å². The van der Waals surface area contributed by atoms with Crippen LogP contribution in [0.25, 0.3) is 22.6 Å². The normalized spacial score (nSPS) is 15.1. The number of aryl methyl sites for hydroxylation is 1. The molecule has 1 aliphatic heterocycles. The predicted octanol–water partition coefficient (Wildman–Crippen LogP) is 6.06. The van der Waals surface area contributed by atoms with Crippen molar-refractivity contribution in [1.82, 2.24) is 9.99 Å². The molecule has 9 heteroatoms. The first-order chi connectivity index (χ1) is 17.3. The van der Waals surface area contributed by atoms with Gasteiger partial charge in [-0.1, -0.05) is 42.5 Å². The van der Waals surface area contributed by atoms with E-state index in [2.05, 4.69) is 10.1 Å². The second-order valence-electron chi connectivity index (χ2n) is 8.43. The molecule has 1 aliphatic rings. The molecular formula is C27H21FN4O4. The summed E-state index contributed by atoms with van der Waals surface area (Å²) in [7, 11) is 0. The topological polar surface area (TPSA) is 102 Å². The number of furan rings is 1. The van der Waals surface area contributed by atoms with E-state index in [-0.39, 0.29) is 35.1 Å². The first-order valence-corrected chi connectivity index (χ1v) is 11.3. The molecule has 0 aliphatic carbocycles. The van der Waals surface area contributed by atoms with Crippen molar-refractivity contribution in [2.24, 2.45) is 5.10 Å². The molecule has 0 N–H and O–H groups in total. The lowest BCUT2D eigenvalue weighted by molar-refractivity contribution is -0.383. The number of pyridine rings is 1. The third-order valence-corrected chi connectivity index (χ3v) is 6.13. The summed E-state index contributed by atoms with van der Waals surface area (Å²) >= 11 is 0. The van der Waals surface area contributed by atoms with Crippen LogP contribution >= 0.6 is 0 Å². The first kappa shape index (κ1) is 23.1. The van der Waals surface area contributed by atoms with Gasteiger partial charge >= 0.3 is 5.69 Å². The minimum Gasteiger partial charge on any atom is -0.464 e. The Bertz CT molecular complexity index is 1480. The molecule has 2 aromatic carbocycles. The van der Waals surface area contributed by atoms with E-state index in [4.69, 9.17) is 4.42 Å². The second-order valence-corrected chi connectivity index (χ2v) is 8.43. The highest BCUT2D eigenvalue weighted by Crippen LogP contribution is 2.44. The zero-order valence-corrected chi connectivity index (χ0v) is 19.5. The zero-order valence-electron chi connectivity index (χ0n) is 19.5. The fraction of sp³-hybridized carbons (Fsp3) is 0.148. The lowest BCUT2D eigenvalue weighted by atomic mass is 9.91. The summed E-state index contributed by atoms with van der Waals surface area (Å²) < 4.78 is 19.2. The zero-order chi connectivity index (χ0) is 25.4. The molecule has 180 valence electrons. The van der Waals surface area contributed by atoms with Crippen LogP contribution in [0, 0.1) is 22.9 Å². The molecule has 0 spiro atoms. The SMILES string of the molecule is CC(=O)N1N=C(c2c(C)nc(-c3ccccc3)c([N+](=O)[O-])c2-c2ccco2)CC1c1ccc(F)cc1. The number of hydrogen-bond acceptors (Lipinski definition) is 6. The van der Waals surface area contributed by atoms with Gasteiger partial charge in [-0.2, -0.15) is 5.10 Å². The molecule has 3 heterocycles. The van der Waals surface area contributed by atoms with Crippen molar-refractivity contribution in [1.29, 1.82) is 0 Å². The van der Waals surface area contributed by atoms with Crippen molar-refractivity contribution >= 4 is 17.3 Å². The number of nitrogens with zero attached hydrogens (tertiary/aromatic N) is 4. The number of benzene rings is 2. The Kier molecular flexibility index (Phi) is 5.89. The number of halogens is 1. The van der Waals surface area contributed by atoms with Crippen LogP contribution in [0.5, 0.6) is 0 Å². The summed E-state index contributed by atoms with van der Waals surface area (Å²) in [5.74, 6) is -0.402. The molecule has 36 heavy (non-hydrogen) atoms. The summed E-state index contributed by atoms with van der Waals surface area (Å²) in [5, 5.41) is 18.4. The number of hydrogen-bond donors (Lipinski definition) is 0. The smallest absolute Gasteiger partial charge is 0.307 e. The Morgan fingerprint density at radius 1 is 1.08 bits per heavy atom. The molecule has 0 fully saturated rings. The van der Waals surface area contributed by atoms with Gasteiger partial charge in [0.15, 0.2) is 0 Å². The molecule has 5 rings (SSSR count). The van der Waals surface area contributed by atoms with Gasteiger partial charge in [0.1, 0.15) is 22.8 Å². The van der Waals surface area contributed by atoms with Gasteiger partial charge in [-0.3, -0.25) is 14.9 Å². The van der Waals surface area contributed by atoms with Crippen LogP contribution in [0.4, 0.5) is 10.1 Å². The van der Waals surface area contributed by atoms with Crippen molar-refractivity contribution in [3.8, 4) is 22.6 Å². The van der Waals surface area contributed by atoms with Gasteiger partial charge in [-0.15, -0.1) is 0 Å². The first-order valence-electron chi connectivity index (χ1n) is 11.3. The van der Waals surface area contributed by atoms with E-state index < -0.39 is 11.0 Å². The maximum Gasteiger partial charge on any atom is 0.307 e. The maximum atomic E-state index is 13.5. The minimum absolute atomic E-state index is 0.209. The summed E-state index contributed by atoms with van der Waals surface area (Å²) in [6.07, 6.45) is 1.71. The van der Waals surface area contributed by atoms with Gasteiger partial charge in [0.2, 0.25) is 5.91 Å². The van der Waals surface area contributed by atoms with Crippen LogP contribution < -0.4 is 0 Å². The molecule has 1 atom stereocenters. The van der Waals surface area contributed by atoms with Crippen LogP contribution in [0.2, 0.25) is 0 Å². The Hall–Kier alpha value is -4.66. The lowest BCUT2D eigenvalue weighted by Gasteiger charge is -2.20. The summed E-state index contributed by atoms with van der Waals surface area (Å²) in [5.41, 5.74) is 2.95. The summed E-state index contributed by atoms with van der Waals surface area (Å²) in [6.45, 7) is 3.15. The van der Waals surface area contributed by atoms with E-state index in [1.807, 2.05) is 6.07 Å². The van der Waals surface area contributed by atoms with E-state index in [1.165, 1.54) is 30.3 Å². The lowest BCUT2D eigenvalue weighted by Crippen LogP contribution is -2.24. The molecule has 0 saturated heterocycles. The van der Waals surface area contributed by atoms with Crippen LogP contribution in [-0.2, 0) is 4.79 Å².